The molecule has 0 aliphatic carbocycles. The molecule has 1 amide bonds. The van der Waals surface area contributed by atoms with Crippen molar-refractivity contribution in [2.75, 3.05) is 42.9 Å². The van der Waals surface area contributed by atoms with Crippen molar-refractivity contribution in [2.24, 2.45) is 5.92 Å². The molecule has 0 radical (unpaired) electrons. The number of nitrogens with one attached hydrogen (secondary N) is 1. The van der Waals surface area contributed by atoms with Crippen LogP contribution < -0.4 is 10.2 Å². The Morgan fingerprint density at radius 1 is 1.19 bits per heavy atom. The zero-order valence-electron chi connectivity index (χ0n) is 15.3. The molecule has 1 aliphatic rings. The van der Waals surface area contributed by atoms with Crippen molar-refractivity contribution in [1.29, 1.82) is 0 Å². The van der Waals surface area contributed by atoms with E-state index in [1.807, 2.05) is 29.2 Å². The summed E-state index contributed by atoms with van der Waals surface area (Å²) in [5.41, 5.74) is 1.79. The number of pyridine rings is 1. The second-order valence-electron chi connectivity index (χ2n) is 6.96. The highest BCUT2D eigenvalue weighted by molar-refractivity contribution is 6.30. The summed E-state index contributed by atoms with van der Waals surface area (Å²) in [7, 11) is 0. The molecule has 0 atom stereocenters. The number of halogens is 1. The van der Waals surface area contributed by atoms with Crippen LogP contribution in [-0.2, 0) is 0 Å². The number of piperazine rings is 1. The summed E-state index contributed by atoms with van der Waals surface area (Å²) in [4.78, 5) is 21.3. The Bertz CT molecular complexity index is 757. The lowest BCUT2D eigenvalue weighted by molar-refractivity contribution is 0.0746. The van der Waals surface area contributed by atoms with Gasteiger partial charge in [-0.25, -0.2) is 4.98 Å². The molecule has 2 aromatic rings. The zero-order valence-corrected chi connectivity index (χ0v) is 16.0. The van der Waals surface area contributed by atoms with Crippen molar-refractivity contribution >= 4 is 29.0 Å². The minimum atomic E-state index is 0.0609. The molecule has 26 heavy (non-hydrogen) atoms. The zero-order chi connectivity index (χ0) is 18.5. The van der Waals surface area contributed by atoms with Gasteiger partial charge in [0.1, 0.15) is 5.82 Å². The van der Waals surface area contributed by atoms with Gasteiger partial charge in [0.2, 0.25) is 0 Å². The topological polar surface area (TPSA) is 48.5 Å². The lowest BCUT2D eigenvalue weighted by Gasteiger charge is -2.36. The van der Waals surface area contributed by atoms with Gasteiger partial charge in [0.25, 0.3) is 5.91 Å². The minimum absolute atomic E-state index is 0.0609. The van der Waals surface area contributed by atoms with Crippen LogP contribution in [0.25, 0.3) is 0 Å². The number of carbonyl (C=O) groups is 1. The number of rotatable bonds is 5. The standard InChI is InChI=1S/C20H25ClN4O/c1-15(2)14-23-19-12-16(6-7-22-19)20(26)25-10-8-24(9-11-25)18-5-3-4-17(21)13-18/h3-7,12-13,15H,8-11,14H2,1-2H3,(H,22,23). The average molecular weight is 373 g/mol. The van der Waals surface area contributed by atoms with Gasteiger partial charge in [0.15, 0.2) is 0 Å². The second kappa shape index (κ2) is 8.41. The summed E-state index contributed by atoms with van der Waals surface area (Å²) in [6, 6.07) is 11.5. The van der Waals surface area contributed by atoms with E-state index in [0.29, 0.717) is 24.6 Å². The third-order valence-electron chi connectivity index (χ3n) is 4.44. The van der Waals surface area contributed by atoms with E-state index in [9.17, 15) is 4.79 Å². The number of benzene rings is 1. The van der Waals surface area contributed by atoms with Crippen molar-refractivity contribution < 1.29 is 4.79 Å². The predicted octanol–water partition coefficient (Wildman–Crippen LogP) is 3.77. The Morgan fingerprint density at radius 3 is 2.65 bits per heavy atom. The highest BCUT2D eigenvalue weighted by Gasteiger charge is 2.22. The highest BCUT2D eigenvalue weighted by Crippen LogP contribution is 2.21. The quantitative estimate of drug-likeness (QED) is 0.868. The summed E-state index contributed by atoms with van der Waals surface area (Å²) in [5, 5.41) is 4.01. The highest BCUT2D eigenvalue weighted by atomic mass is 35.5. The SMILES string of the molecule is CC(C)CNc1cc(C(=O)N2CCN(c3cccc(Cl)c3)CC2)ccn1. The van der Waals surface area contributed by atoms with Gasteiger partial charge in [-0.15, -0.1) is 0 Å². The first kappa shape index (κ1) is 18.5. The molecule has 1 aliphatic heterocycles. The maximum Gasteiger partial charge on any atom is 0.254 e. The van der Waals surface area contributed by atoms with Gasteiger partial charge in [-0.05, 0) is 36.2 Å². The number of anilines is 2. The van der Waals surface area contributed by atoms with Crippen LogP contribution in [-0.4, -0.2) is 48.5 Å². The fourth-order valence-electron chi connectivity index (χ4n) is 2.99. The Balaban J connectivity index is 1.60. The van der Waals surface area contributed by atoms with Crippen LogP contribution in [0.4, 0.5) is 11.5 Å². The van der Waals surface area contributed by atoms with E-state index in [2.05, 4.69) is 35.1 Å². The molecule has 1 saturated heterocycles. The molecule has 1 N–H and O–H groups in total. The monoisotopic (exact) mass is 372 g/mol. The van der Waals surface area contributed by atoms with Crippen LogP contribution in [0.3, 0.4) is 0 Å². The molecule has 3 rings (SSSR count). The van der Waals surface area contributed by atoms with E-state index in [-0.39, 0.29) is 5.91 Å². The van der Waals surface area contributed by atoms with Gasteiger partial charge in [0, 0.05) is 55.2 Å². The van der Waals surface area contributed by atoms with Crippen molar-refractivity contribution in [3.05, 3.63) is 53.2 Å². The number of aromatic nitrogens is 1. The van der Waals surface area contributed by atoms with Crippen LogP contribution in [0.2, 0.25) is 5.02 Å². The first-order valence-electron chi connectivity index (χ1n) is 9.02. The fourth-order valence-corrected chi connectivity index (χ4v) is 3.18. The maximum absolute atomic E-state index is 12.8. The van der Waals surface area contributed by atoms with Crippen molar-refractivity contribution in [3.8, 4) is 0 Å². The predicted molar refractivity (Wildman–Crippen MR) is 107 cm³/mol. The largest absolute Gasteiger partial charge is 0.370 e. The number of amides is 1. The van der Waals surface area contributed by atoms with Gasteiger partial charge in [-0.1, -0.05) is 31.5 Å². The van der Waals surface area contributed by atoms with Gasteiger partial charge >= 0.3 is 0 Å². The van der Waals surface area contributed by atoms with Crippen LogP contribution in [0, 0.1) is 5.92 Å². The lowest BCUT2D eigenvalue weighted by Crippen LogP contribution is -2.48. The average Bonchev–Trinajstić information content (AvgIpc) is 2.66. The van der Waals surface area contributed by atoms with Crippen molar-refractivity contribution in [3.63, 3.8) is 0 Å². The Morgan fingerprint density at radius 2 is 1.96 bits per heavy atom. The normalized spacial score (nSPS) is 14.6. The molecule has 0 saturated carbocycles. The molecule has 6 heteroatoms. The van der Waals surface area contributed by atoms with Crippen molar-refractivity contribution in [2.45, 2.75) is 13.8 Å². The van der Waals surface area contributed by atoms with E-state index in [0.717, 1.165) is 36.2 Å². The maximum atomic E-state index is 12.8. The Hall–Kier alpha value is -2.27. The number of nitrogens with zero attached hydrogens (tertiary/aromatic N) is 3. The summed E-state index contributed by atoms with van der Waals surface area (Å²) in [6.45, 7) is 8.11. The summed E-state index contributed by atoms with van der Waals surface area (Å²) in [5.74, 6) is 1.34. The van der Waals surface area contributed by atoms with Gasteiger partial charge in [-0.2, -0.15) is 0 Å². The first-order valence-corrected chi connectivity index (χ1v) is 9.40. The molecule has 1 aromatic carbocycles. The number of hydrogen-bond donors (Lipinski definition) is 1. The van der Waals surface area contributed by atoms with Gasteiger partial charge in [-0.3, -0.25) is 4.79 Å². The number of hydrogen-bond acceptors (Lipinski definition) is 4. The van der Waals surface area contributed by atoms with Crippen LogP contribution in [0.1, 0.15) is 24.2 Å². The van der Waals surface area contributed by atoms with E-state index in [4.69, 9.17) is 11.6 Å². The molecule has 2 heterocycles. The van der Waals surface area contributed by atoms with Crippen LogP contribution in [0.15, 0.2) is 42.6 Å². The third-order valence-corrected chi connectivity index (χ3v) is 4.67. The van der Waals surface area contributed by atoms with E-state index in [1.165, 1.54) is 0 Å². The Kier molecular flexibility index (Phi) is 5.99. The van der Waals surface area contributed by atoms with Gasteiger partial charge in [0.05, 0.1) is 0 Å². The molecule has 0 spiro atoms. The second-order valence-corrected chi connectivity index (χ2v) is 7.40. The molecule has 0 bridgehead atoms. The third kappa shape index (κ3) is 4.67. The Labute approximate surface area is 160 Å². The fraction of sp³-hybridized carbons (Fsp3) is 0.400. The minimum Gasteiger partial charge on any atom is -0.370 e. The summed E-state index contributed by atoms with van der Waals surface area (Å²) < 4.78 is 0. The van der Waals surface area contributed by atoms with Crippen LogP contribution in [0.5, 0.6) is 0 Å². The smallest absolute Gasteiger partial charge is 0.254 e. The summed E-state index contributed by atoms with van der Waals surface area (Å²) >= 11 is 6.08. The molecular formula is C20H25ClN4O. The van der Waals surface area contributed by atoms with Crippen LogP contribution >= 0.6 is 11.6 Å². The lowest BCUT2D eigenvalue weighted by atomic mass is 10.2. The van der Waals surface area contributed by atoms with Crippen molar-refractivity contribution in [1.82, 2.24) is 9.88 Å². The molecule has 1 fully saturated rings. The molecule has 138 valence electrons. The van der Waals surface area contributed by atoms with E-state index >= 15 is 0 Å². The molecule has 1 aromatic heterocycles. The number of carbonyl (C=O) groups excluding carboxylic acids is 1. The summed E-state index contributed by atoms with van der Waals surface area (Å²) in [6.07, 6.45) is 1.69. The molecule has 5 nitrogen and oxygen atoms in total. The first-order chi connectivity index (χ1) is 12.5. The van der Waals surface area contributed by atoms with Gasteiger partial charge < -0.3 is 15.1 Å². The molecular weight excluding hydrogens is 348 g/mol. The molecule has 0 unspecified atom stereocenters. The van der Waals surface area contributed by atoms with E-state index in [1.54, 1.807) is 12.3 Å². The van der Waals surface area contributed by atoms with E-state index < -0.39 is 0 Å².